The Bertz CT molecular complexity index is 989. The van der Waals surface area contributed by atoms with Crippen LogP contribution in [0.3, 0.4) is 0 Å². The summed E-state index contributed by atoms with van der Waals surface area (Å²) in [5.41, 5.74) is 7.48. The molecule has 0 aliphatic rings. The van der Waals surface area contributed by atoms with E-state index in [0.717, 1.165) is 5.56 Å². The van der Waals surface area contributed by atoms with E-state index in [1.807, 2.05) is 30.3 Å². The van der Waals surface area contributed by atoms with Gasteiger partial charge in [0.25, 0.3) is 5.91 Å². The van der Waals surface area contributed by atoms with Crippen LogP contribution in [-0.4, -0.2) is 26.0 Å². The summed E-state index contributed by atoms with van der Waals surface area (Å²) in [5.74, 6) is -0.382. The fourth-order valence-electron chi connectivity index (χ4n) is 2.29. The van der Waals surface area contributed by atoms with Crippen molar-refractivity contribution in [2.45, 2.75) is 6.54 Å². The first-order valence-electron chi connectivity index (χ1n) is 8.33. The van der Waals surface area contributed by atoms with Crippen LogP contribution in [0.1, 0.15) is 11.3 Å². The zero-order valence-corrected chi connectivity index (χ0v) is 16.2. The summed E-state index contributed by atoms with van der Waals surface area (Å²) in [5, 5.41) is 11.8. The van der Waals surface area contributed by atoms with Gasteiger partial charge in [-0.25, -0.2) is 4.68 Å². The lowest BCUT2D eigenvalue weighted by Gasteiger charge is -2.10. The molecule has 142 valence electrons. The molecule has 0 spiro atoms. The maximum Gasteiger partial charge on any atom is 0.262 e. The molecule has 0 aliphatic heterocycles. The van der Waals surface area contributed by atoms with Gasteiger partial charge in [0, 0.05) is 16.8 Å². The quantitative estimate of drug-likeness (QED) is 0.339. The van der Waals surface area contributed by atoms with Crippen LogP contribution < -0.4 is 16.2 Å². The highest BCUT2D eigenvalue weighted by atomic mass is 35.5. The molecule has 7 nitrogen and oxygen atoms in total. The molecule has 0 unspecified atom stereocenters. The van der Waals surface area contributed by atoms with Gasteiger partial charge in [-0.05, 0) is 42.1 Å². The van der Waals surface area contributed by atoms with Crippen LogP contribution in [-0.2, 0) is 11.3 Å². The molecule has 3 aromatic rings. The highest BCUT2D eigenvalue weighted by Gasteiger charge is 2.02. The van der Waals surface area contributed by atoms with Crippen LogP contribution >= 0.6 is 23.8 Å². The number of benzene rings is 2. The Kier molecular flexibility index (Phi) is 6.72. The lowest BCUT2D eigenvalue weighted by molar-refractivity contribution is -0.116. The molecule has 0 saturated heterocycles. The number of amides is 1. The van der Waals surface area contributed by atoms with E-state index in [1.165, 1.54) is 6.08 Å². The molecule has 1 aromatic heterocycles. The summed E-state index contributed by atoms with van der Waals surface area (Å²) in [4.78, 5) is 11.9. The number of halogens is 1. The van der Waals surface area contributed by atoms with E-state index in [2.05, 4.69) is 26.5 Å². The first-order valence-corrected chi connectivity index (χ1v) is 9.12. The molecule has 0 atom stereocenters. The average molecular weight is 413 g/mol. The van der Waals surface area contributed by atoms with Crippen molar-refractivity contribution in [2.24, 2.45) is 0 Å². The van der Waals surface area contributed by atoms with Crippen molar-refractivity contribution in [3.63, 3.8) is 0 Å². The molecule has 0 fully saturated rings. The van der Waals surface area contributed by atoms with Gasteiger partial charge in [-0.3, -0.25) is 15.6 Å². The molecule has 3 rings (SSSR count). The zero-order valence-electron chi connectivity index (χ0n) is 14.7. The van der Waals surface area contributed by atoms with Gasteiger partial charge in [0.1, 0.15) is 5.69 Å². The Balaban J connectivity index is 1.45. The van der Waals surface area contributed by atoms with Gasteiger partial charge in [-0.1, -0.05) is 53.2 Å². The molecule has 0 aliphatic carbocycles. The van der Waals surface area contributed by atoms with Crippen molar-refractivity contribution in [1.29, 1.82) is 0 Å². The predicted octanol–water partition coefficient (Wildman–Crippen LogP) is 3.01. The van der Waals surface area contributed by atoms with E-state index >= 15 is 0 Å². The van der Waals surface area contributed by atoms with Gasteiger partial charge >= 0.3 is 0 Å². The maximum absolute atomic E-state index is 11.9. The zero-order chi connectivity index (χ0) is 19.8. The highest BCUT2D eigenvalue weighted by molar-refractivity contribution is 7.80. The second-order valence-electron chi connectivity index (χ2n) is 5.74. The first kappa shape index (κ1) is 19.5. The van der Waals surface area contributed by atoms with Crippen molar-refractivity contribution >= 4 is 46.6 Å². The highest BCUT2D eigenvalue weighted by Crippen LogP contribution is 2.14. The summed E-state index contributed by atoms with van der Waals surface area (Å²) in [6.07, 6.45) is 4.67. The van der Waals surface area contributed by atoms with Gasteiger partial charge in [0.15, 0.2) is 5.11 Å². The minimum absolute atomic E-state index is 0.234. The van der Waals surface area contributed by atoms with Crippen molar-refractivity contribution in [1.82, 2.24) is 25.8 Å². The lowest BCUT2D eigenvalue weighted by Crippen LogP contribution is -2.43. The van der Waals surface area contributed by atoms with E-state index in [-0.39, 0.29) is 11.0 Å². The number of hydrogen-bond donors (Lipinski definition) is 3. The number of nitrogens with one attached hydrogen (secondary N) is 3. The van der Waals surface area contributed by atoms with E-state index < -0.39 is 0 Å². The largest absolute Gasteiger partial charge is 0.331 e. The number of anilines is 1. The molecular weight excluding hydrogens is 396 g/mol. The summed E-state index contributed by atoms with van der Waals surface area (Å²) in [6, 6.07) is 17.0. The van der Waals surface area contributed by atoms with E-state index in [1.54, 1.807) is 41.2 Å². The monoisotopic (exact) mass is 412 g/mol. The van der Waals surface area contributed by atoms with E-state index in [9.17, 15) is 4.79 Å². The topological polar surface area (TPSA) is 83.9 Å². The first-order chi connectivity index (χ1) is 13.6. The Labute approximate surface area is 172 Å². The molecule has 1 heterocycles. The average Bonchev–Trinajstić information content (AvgIpc) is 3.13. The number of thiocarbonyl (C=S) groups is 1. The molecule has 0 bridgehead atoms. The SMILES string of the molecule is O=C(/C=C/c1cn(Cc2ccccc2)nn1)NNC(=S)Nc1cccc(Cl)c1. The second-order valence-corrected chi connectivity index (χ2v) is 6.58. The van der Waals surface area contributed by atoms with Crippen LogP contribution in [0.15, 0.2) is 66.9 Å². The van der Waals surface area contributed by atoms with Gasteiger partial charge in [-0.2, -0.15) is 0 Å². The third-order valence-electron chi connectivity index (χ3n) is 3.53. The standard InChI is InChI=1S/C19H17ClN6OS/c20-15-7-4-8-16(11-15)21-19(28)24-23-18(27)10-9-17-13-26(25-22-17)12-14-5-2-1-3-6-14/h1-11,13H,12H2,(H,23,27)(H2,21,24,28)/b10-9+. The second kappa shape index (κ2) is 9.63. The minimum Gasteiger partial charge on any atom is -0.331 e. The van der Waals surface area contributed by atoms with Crippen molar-refractivity contribution < 1.29 is 4.79 Å². The lowest BCUT2D eigenvalue weighted by atomic mass is 10.2. The van der Waals surface area contributed by atoms with E-state index in [4.69, 9.17) is 23.8 Å². The van der Waals surface area contributed by atoms with Crippen LogP contribution in [0.2, 0.25) is 5.02 Å². The molecule has 1 amide bonds. The number of hydrazine groups is 1. The summed E-state index contributed by atoms with van der Waals surface area (Å²) in [6.45, 7) is 0.610. The molecule has 2 aromatic carbocycles. The molecule has 3 N–H and O–H groups in total. The van der Waals surface area contributed by atoms with Crippen LogP contribution in [0.25, 0.3) is 6.08 Å². The number of hydrogen-bond acceptors (Lipinski definition) is 4. The summed E-state index contributed by atoms with van der Waals surface area (Å²) in [7, 11) is 0. The van der Waals surface area contributed by atoms with Gasteiger partial charge in [0.05, 0.1) is 12.7 Å². The predicted molar refractivity (Wildman–Crippen MR) is 114 cm³/mol. The fourth-order valence-corrected chi connectivity index (χ4v) is 2.65. The minimum atomic E-state index is -0.382. The Hall–Kier alpha value is -3.23. The summed E-state index contributed by atoms with van der Waals surface area (Å²) >= 11 is 11.0. The van der Waals surface area contributed by atoms with Gasteiger partial charge in [0.2, 0.25) is 0 Å². The number of nitrogens with zero attached hydrogens (tertiary/aromatic N) is 3. The smallest absolute Gasteiger partial charge is 0.262 e. The number of carbonyl (C=O) groups excluding carboxylic acids is 1. The molecule has 28 heavy (non-hydrogen) atoms. The third-order valence-corrected chi connectivity index (χ3v) is 3.97. The number of rotatable bonds is 5. The maximum atomic E-state index is 11.9. The summed E-state index contributed by atoms with van der Waals surface area (Å²) < 4.78 is 1.70. The number of carbonyl (C=O) groups is 1. The Morgan fingerprint density at radius 1 is 1.14 bits per heavy atom. The normalized spacial score (nSPS) is 10.6. The Morgan fingerprint density at radius 3 is 2.75 bits per heavy atom. The van der Waals surface area contributed by atoms with Crippen LogP contribution in [0.4, 0.5) is 5.69 Å². The van der Waals surface area contributed by atoms with Crippen molar-refractivity contribution in [2.75, 3.05) is 5.32 Å². The molecular formula is C19H17ClN6OS. The third kappa shape index (κ3) is 6.19. The van der Waals surface area contributed by atoms with Crippen molar-refractivity contribution in [3.8, 4) is 0 Å². The molecule has 9 heteroatoms. The Morgan fingerprint density at radius 2 is 1.96 bits per heavy atom. The number of aromatic nitrogens is 3. The van der Waals surface area contributed by atoms with Crippen LogP contribution in [0.5, 0.6) is 0 Å². The van der Waals surface area contributed by atoms with Gasteiger partial charge in [-0.15, -0.1) is 5.10 Å². The molecule has 0 radical (unpaired) electrons. The van der Waals surface area contributed by atoms with Crippen LogP contribution in [0, 0.1) is 0 Å². The molecule has 0 saturated carbocycles. The fraction of sp³-hybridized carbons (Fsp3) is 0.0526. The van der Waals surface area contributed by atoms with E-state index in [0.29, 0.717) is 22.9 Å². The van der Waals surface area contributed by atoms with Crippen molar-refractivity contribution in [3.05, 3.63) is 83.2 Å². The van der Waals surface area contributed by atoms with Gasteiger partial charge < -0.3 is 5.32 Å².